The van der Waals surface area contributed by atoms with Crippen molar-refractivity contribution in [2.24, 2.45) is 0 Å². The highest BCUT2D eigenvalue weighted by molar-refractivity contribution is 5.14. The third-order valence-corrected chi connectivity index (χ3v) is 1.94. The highest BCUT2D eigenvalue weighted by atomic mass is 16.3. The normalized spacial score (nSPS) is 12.8. The maximum Gasteiger partial charge on any atom is 0.325 e. The lowest BCUT2D eigenvalue weighted by Gasteiger charge is -2.08. The van der Waals surface area contributed by atoms with E-state index in [-0.39, 0.29) is 6.42 Å². The topological polar surface area (TPSA) is 106 Å². The van der Waals surface area contributed by atoms with Crippen LogP contribution in [0.5, 0.6) is 0 Å². The summed E-state index contributed by atoms with van der Waals surface area (Å²) in [6.07, 6.45) is -0.909. The largest absolute Gasteiger partial charge is 0.394 e. The molecular weight excluding hydrogens is 188 g/mol. The highest BCUT2D eigenvalue weighted by Gasteiger charge is 2.09. The van der Waals surface area contributed by atoms with Crippen molar-refractivity contribution in [1.29, 1.82) is 0 Å². The molecule has 0 saturated carbocycles. The van der Waals surface area contributed by atoms with Gasteiger partial charge in [0.25, 0.3) is 5.56 Å². The second-order valence-corrected chi connectivity index (χ2v) is 3.05. The Labute approximate surface area is 79.2 Å². The predicted molar refractivity (Wildman–Crippen MR) is 49.2 cm³/mol. The van der Waals surface area contributed by atoms with Gasteiger partial charge in [0.15, 0.2) is 0 Å². The maximum atomic E-state index is 11.1. The van der Waals surface area contributed by atoms with E-state index >= 15 is 0 Å². The van der Waals surface area contributed by atoms with Crippen LogP contribution in [0.2, 0.25) is 0 Å². The SMILES string of the molecule is Cc1c(CC(O)CO)[nH]c(=O)[nH]c1=O. The van der Waals surface area contributed by atoms with Crippen LogP contribution in [0.25, 0.3) is 0 Å². The van der Waals surface area contributed by atoms with E-state index in [1.54, 1.807) is 0 Å². The van der Waals surface area contributed by atoms with Crippen molar-refractivity contribution in [3.8, 4) is 0 Å². The van der Waals surface area contributed by atoms with Gasteiger partial charge >= 0.3 is 5.69 Å². The third kappa shape index (κ3) is 2.30. The molecule has 1 unspecified atom stereocenters. The van der Waals surface area contributed by atoms with E-state index in [1.165, 1.54) is 6.92 Å². The molecule has 0 bridgehead atoms. The number of nitrogens with one attached hydrogen (secondary N) is 2. The second-order valence-electron chi connectivity index (χ2n) is 3.05. The lowest BCUT2D eigenvalue weighted by atomic mass is 10.1. The molecule has 0 aliphatic heterocycles. The van der Waals surface area contributed by atoms with Crippen LogP contribution < -0.4 is 11.2 Å². The minimum absolute atomic E-state index is 0.0570. The summed E-state index contributed by atoms with van der Waals surface area (Å²) >= 11 is 0. The van der Waals surface area contributed by atoms with E-state index in [2.05, 4.69) is 9.97 Å². The molecule has 14 heavy (non-hydrogen) atoms. The Bertz CT molecular complexity index is 420. The quantitative estimate of drug-likeness (QED) is 0.465. The average molecular weight is 200 g/mol. The molecule has 0 spiro atoms. The molecule has 0 aromatic carbocycles. The Morgan fingerprint density at radius 3 is 2.57 bits per heavy atom. The number of aliphatic hydroxyl groups excluding tert-OH is 2. The van der Waals surface area contributed by atoms with Gasteiger partial charge < -0.3 is 15.2 Å². The van der Waals surface area contributed by atoms with Crippen LogP contribution in [0.4, 0.5) is 0 Å². The minimum atomic E-state index is -0.967. The van der Waals surface area contributed by atoms with Crippen LogP contribution in [0, 0.1) is 6.92 Å². The van der Waals surface area contributed by atoms with Crippen molar-refractivity contribution in [2.45, 2.75) is 19.4 Å². The molecule has 1 aromatic heterocycles. The van der Waals surface area contributed by atoms with Gasteiger partial charge in [-0.1, -0.05) is 0 Å². The first-order chi connectivity index (χ1) is 6.54. The Morgan fingerprint density at radius 2 is 2.00 bits per heavy atom. The summed E-state index contributed by atoms with van der Waals surface area (Å²) < 4.78 is 0. The van der Waals surface area contributed by atoms with Gasteiger partial charge in [-0.15, -0.1) is 0 Å². The molecule has 4 N–H and O–H groups in total. The molecular formula is C8H12N2O4. The fourth-order valence-electron chi connectivity index (χ4n) is 1.10. The maximum absolute atomic E-state index is 11.1. The van der Waals surface area contributed by atoms with Gasteiger partial charge in [-0.05, 0) is 6.92 Å². The standard InChI is InChI=1S/C8H12N2O4/c1-4-6(2-5(12)3-11)9-8(14)10-7(4)13/h5,11-12H,2-3H2,1H3,(H2,9,10,13,14). The molecule has 0 aliphatic carbocycles. The van der Waals surface area contributed by atoms with Crippen molar-refractivity contribution in [1.82, 2.24) is 9.97 Å². The Hall–Kier alpha value is -1.40. The Morgan fingerprint density at radius 1 is 1.36 bits per heavy atom. The number of hydrogen-bond donors (Lipinski definition) is 4. The monoisotopic (exact) mass is 200 g/mol. The lowest BCUT2D eigenvalue weighted by Crippen LogP contribution is -2.29. The summed E-state index contributed by atoms with van der Waals surface area (Å²) in [4.78, 5) is 26.4. The van der Waals surface area contributed by atoms with E-state index in [0.717, 1.165) is 0 Å². The molecule has 0 fully saturated rings. The molecule has 0 aliphatic rings. The van der Waals surface area contributed by atoms with Gasteiger partial charge in [-0.2, -0.15) is 0 Å². The summed E-state index contributed by atoms with van der Waals surface area (Å²) in [5, 5.41) is 17.7. The number of H-pyrrole nitrogens is 2. The number of aliphatic hydroxyl groups is 2. The first-order valence-electron chi connectivity index (χ1n) is 4.15. The van der Waals surface area contributed by atoms with Crippen molar-refractivity contribution in [3.05, 3.63) is 32.1 Å². The Balaban J connectivity index is 3.09. The minimum Gasteiger partial charge on any atom is -0.394 e. The molecule has 0 amide bonds. The van der Waals surface area contributed by atoms with Crippen LogP contribution in [-0.2, 0) is 6.42 Å². The first-order valence-corrected chi connectivity index (χ1v) is 4.15. The van der Waals surface area contributed by atoms with Crippen molar-refractivity contribution >= 4 is 0 Å². The smallest absolute Gasteiger partial charge is 0.325 e. The zero-order chi connectivity index (χ0) is 10.7. The van der Waals surface area contributed by atoms with E-state index in [9.17, 15) is 9.59 Å². The number of rotatable bonds is 3. The Kier molecular flexibility index (Phi) is 3.21. The summed E-state index contributed by atoms with van der Waals surface area (Å²) in [5.41, 5.74) is -0.396. The molecule has 0 radical (unpaired) electrons. The summed E-state index contributed by atoms with van der Waals surface area (Å²) in [6.45, 7) is 1.13. The lowest BCUT2D eigenvalue weighted by molar-refractivity contribution is 0.0945. The van der Waals surface area contributed by atoms with Gasteiger partial charge in [0.05, 0.1) is 12.7 Å². The van der Waals surface area contributed by atoms with E-state index in [0.29, 0.717) is 11.3 Å². The predicted octanol–water partition coefficient (Wildman–Crippen LogP) is -1.73. The zero-order valence-electron chi connectivity index (χ0n) is 7.70. The molecule has 0 saturated heterocycles. The first kappa shape index (κ1) is 10.7. The summed E-state index contributed by atoms with van der Waals surface area (Å²) in [7, 11) is 0. The number of aromatic nitrogens is 2. The van der Waals surface area contributed by atoms with Crippen molar-refractivity contribution in [2.75, 3.05) is 6.61 Å². The van der Waals surface area contributed by atoms with Crippen LogP contribution >= 0.6 is 0 Å². The van der Waals surface area contributed by atoms with E-state index in [1.807, 2.05) is 0 Å². The molecule has 6 heteroatoms. The summed E-state index contributed by atoms with van der Waals surface area (Å²) in [6, 6.07) is 0. The van der Waals surface area contributed by atoms with E-state index < -0.39 is 24.0 Å². The molecule has 1 atom stereocenters. The van der Waals surface area contributed by atoms with Gasteiger partial charge in [0.1, 0.15) is 0 Å². The van der Waals surface area contributed by atoms with Crippen LogP contribution in [0.3, 0.4) is 0 Å². The third-order valence-electron chi connectivity index (χ3n) is 1.94. The second kappa shape index (κ2) is 4.21. The van der Waals surface area contributed by atoms with Crippen LogP contribution in [0.15, 0.2) is 9.59 Å². The van der Waals surface area contributed by atoms with Gasteiger partial charge in [0.2, 0.25) is 0 Å². The molecule has 6 nitrogen and oxygen atoms in total. The van der Waals surface area contributed by atoms with Gasteiger partial charge in [0, 0.05) is 17.7 Å². The van der Waals surface area contributed by atoms with Crippen molar-refractivity contribution < 1.29 is 10.2 Å². The van der Waals surface area contributed by atoms with E-state index in [4.69, 9.17) is 10.2 Å². The number of aromatic amines is 2. The molecule has 1 rings (SSSR count). The molecule has 78 valence electrons. The average Bonchev–Trinajstić information content (AvgIpc) is 2.13. The van der Waals surface area contributed by atoms with Gasteiger partial charge in [-0.3, -0.25) is 9.78 Å². The molecule has 1 heterocycles. The number of hydrogen-bond acceptors (Lipinski definition) is 4. The zero-order valence-corrected chi connectivity index (χ0v) is 7.70. The fourth-order valence-corrected chi connectivity index (χ4v) is 1.10. The van der Waals surface area contributed by atoms with Crippen LogP contribution in [-0.4, -0.2) is 32.9 Å². The van der Waals surface area contributed by atoms with Crippen molar-refractivity contribution in [3.63, 3.8) is 0 Å². The fraction of sp³-hybridized carbons (Fsp3) is 0.500. The van der Waals surface area contributed by atoms with Gasteiger partial charge in [-0.25, -0.2) is 4.79 Å². The molecule has 1 aromatic rings. The van der Waals surface area contributed by atoms with Crippen LogP contribution in [0.1, 0.15) is 11.3 Å². The highest BCUT2D eigenvalue weighted by Crippen LogP contribution is 1.99. The summed E-state index contributed by atoms with van der Waals surface area (Å²) in [5.74, 6) is 0.